The summed E-state index contributed by atoms with van der Waals surface area (Å²) in [5.41, 5.74) is 2.07. The van der Waals surface area contributed by atoms with Crippen LogP contribution in [-0.2, 0) is 4.74 Å². The van der Waals surface area contributed by atoms with Gasteiger partial charge >= 0.3 is 6.09 Å². The molecule has 4 aliphatic rings. The molecule has 2 aromatic carbocycles. The molecule has 0 atom stereocenters. The maximum absolute atomic E-state index is 12.2. The van der Waals surface area contributed by atoms with Crippen molar-refractivity contribution in [2.45, 2.75) is 127 Å². The number of nitrogens with zero attached hydrogens (tertiary/aromatic N) is 1. The Balaban J connectivity index is 0.000000186. The highest BCUT2D eigenvalue weighted by atomic mass is 35.5. The fraction of sp³-hybridized carbons (Fsp3) is 0.649. The summed E-state index contributed by atoms with van der Waals surface area (Å²) < 4.78 is 17.8. The van der Waals surface area contributed by atoms with Gasteiger partial charge in [0.2, 0.25) is 0 Å². The molecule has 2 aromatic rings. The molecule has 2 heterocycles. The van der Waals surface area contributed by atoms with Crippen LogP contribution in [0.2, 0.25) is 10.0 Å². The smallest absolute Gasteiger partial charge is 0.410 e. The minimum Gasteiger partial charge on any atom is -0.490 e. The van der Waals surface area contributed by atoms with Gasteiger partial charge in [-0.1, -0.05) is 48.9 Å². The van der Waals surface area contributed by atoms with Crippen molar-refractivity contribution >= 4 is 29.3 Å². The van der Waals surface area contributed by atoms with Crippen LogP contribution in [-0.4, -0.2) is 55.0 Å². The number of ether oxygens (including phenoxy) is 3. The number of likely N-dealkylation sites (tertiary alicyclic amines) is 1. The van der Waals surface area contributed by atoms with Crippen molar-refractivity contribution in [3.63, 3.8) is 0 Å². The van der Waals surface area contributed by atoms with Gasteiger partial charge in [-0.05, 0) is 132 Å². The zero-order valence-corrected chi connectivity index (χ0v) is 28.9. The summed E-state index contributed by atoms with van der Waals surface area (Å²) in [6.07, 6.45) is 14.3. The molecule has 248 valence electrons. The van der Waals surface area contributed by atoms with Crippen LogP contribution >= 0.6 is 23.2 Å². The van der Waals surface area contributed by atoms with Gasteiger partial charge in [0, 0.05) is 36.0 Å². The van der Waals surface area contributed by atoms with Crippen LogP contribution in [0.3, 0.4) is 0 Å². The molecule has 6 nitrogen and oxygen atoms in total. The zero-order chi connectivity index (χ0) is 31.8. The van der Waals surface area contributed by atoms with Crippen molar-refractivity contribution in [2.24, 2.45) is 0 Å². The van der Waals surface area contributed by atoms with Gasteiger partial charge in [-0.3, -0.25) is 0 Å². The molecule has 1 amide bonds. The first-order chi connectivity index (χ1) is 21.6. The van der Waals surface area contributed by atoms with E-state index in [1.807, 2.05) is 45.0 Å². The first-order valence-corrected chi connectivity index (χ1v) is 18.0. The average Bonchev–Trinajstić information content (AvgIpc) is 3.75. The lowest BCUT2D eigenvalue weighted by Crippen LogP contribution is -2.44. The lowest BCUT2D eigenvalue weighted by Gasteiger charge is -2.33. The number of nitrogens with one attached hydrogen (secondary N) is 1. The topological polar surface area (TPSA) is 60.0 Å². The Morgan fingerprint density at radius 1 is 0.711 bits per heavy atom. The van der Waals surface area contributed by atoms with E-state index < -0.39 is 5.60 Å². The molecule has 2 saturated carbocycles. The van der Waals surface area contributed by atoms with Gasteiger partial charge in [0.05, 0.1) is 0 Å². The molecule has 8 heteroatoms. The standard InChI is InChI=1S/C21H30ClNO3.C16H22ClNO/c1-21(2,3)26-20(24)23-12-10-16(11-13-23)25-17-8-9-19(22)18(14-17)15-6-4-5-7-15;17-16-6-5-14(19-13-7-9-18-10-8-13)11-15(16)12-3-1-2-4-12/h8-9,14-16H,4-7,10-13H2,1-3H3;5-6,11-13,18H,1-4,7-10H2. The molecule has 4 fully saturated rings. The molecule has 0 radical (unpaired) electrons. The molecular weight excluding hydrogens is 607 g/mol. The molecule has 45 heavy (non-hydrogen) atoms. The number of halogens is 2. The zero-order valence-electron chi connectivity index (χ0n) is 27.4. The Morgan fingerprint density at radius 3 is 1.60 bits per heavy atom. The highest BCUT2D eigenvalue weighted by Crippen LogP contribution is 2.40. The van der Waals surface area contributed by atoms with Crippen molar-refractivity contribution in [3.05, 3.63) is 57.6 Å². The van der Waals surface area contributed by atoms with Gasteiger partial charge in [0.25, 0.3) is 0 Å². The third kappa shape index (κ3) is 10.2. The number of carbonyl (C=O) groups excluding carboxylic acids is 1. The largest absolute Gasteiger partial charge is 0.490 e. The Hall–Kier alpha value is -2.15. The van der Waals surface area contributed by atoms with Crippen LogP contribution in [0.25, 0.3) is 0 Å². The highest BCUT2D eigenvalue weighted by Gasteiger charge is 2.28. The number of amides is 1. The van der Waals surface area contributed by atoms with Crippen LogP contribution in [0.5, 0.6) is 11.5 Å². The molecule has 0 unspecified atom stereocenters. The second-order valence-electron chi connectivity index (χ2n) is 14.2. The van der Waals surface area contributed by atoms with Crippen molar-refractivity contribution in [3.8, 4) is 11.5 Å². The molecule has 0 spiro atoms. The van der Waals surface area contributed by atoms with Gasteiger partial charge in [-0.15, -0.1) is 0 Å². The van der Waals surface area contributed by atoms with E-state index in [4.69, 9.17) is 37.4 Å². The van der Waals surface area contributed by atoms with Crippen LogP contribution < -0.4 is 14.8 Å². The van der Waals surface area contributed by atoms with Crippen LogP contribution in [0.1, 0.15) is 121 Å². The summed E-state index contributed by atoms with van der Waals surface area (Å²) >= 11 is 12.8. The minimum atomic E-state index is -0.454. The second kappa shape index (κ2) is 16.1. The molecule has 1 N–H and O–H groups in total. The van der Waals surface area contributed by atoms with Crippen molar-refractivity contribution in [2.75, 3.05) is 26.2 Å². The van der Waals surface area contributed by atoms with E-state index in [0.717, 1.165) is 60.3 Å². The van der Waals surface area contributed by atoms with Crippen molar-refractivity contribution < 1.29 is 19.0 Å². The predicted octanol–water partition coefficient (Wildman–Crippen LogP) is 9.90. The number of carbonyl (C=O) groups is 1. The molecule has 2 aliphatic carbocycles. The number of hydrogen-bond donors (Lipinski definition) is 1. The normalized spacial score (nSPS) is 20.5. The Labute approximate surface area is 280 Å². The summed E-state index contributed by atoms with van der Waals surface area (Å²) in [4.78, 5) is 13.9. The van der Waals surface area contributed by atoms with E-state index in [1.54, 1.807) is 4.90 Å². The molecular formula is C37H52Cl2N2O4. The summed E-state index contributed by atoms with van der Waals surface area (Å²) in [5.74, 6) is 3.11. The summed E-state index contributed by atoms with van der Waals surface area (Å²) in [7, 11) is 0. The van der Waals surface area contributed by atoms with E-state index in [0.29, 0.717) is 31.0 Å². The fourth-order valence-corrected chi connectivity index (χ4v) is 7.61. The number of rotatable bonds is 6. The van der Waals surface area contributed by atoms with E-state index in [-0.39, 0.29) is 12.2 Å². The van der Waals surface area contributed by atoms with Gasteiger partial charge in [0.15, 0.2) is 0 Å². The summed E-state index contributed by atoms with van der Waals surface area (Å²) in [5, 5.41) is 5.12. The fourth-order valence-electron chi connectivity index (χ4n) is 7.07. The van der Waals surface area contributed by atoms with E-state index >= 15 is 0 Å². The van der Waals surface area contributed by atoms with E-state index in [2.05, 4.69) is 17.4 Å². The maximum atomic E-state index is 12.2. The van der Waals surface area contributed by atoms with Crippen LogP contribution in [0.15, 0.2) is 36.4 Å². The Morgan fingerprint density at radius 2 is 1.16 bits per heavy atom. The van der Waals surface area contributed by atoms with Gasteiger partial charge in [-0.25, -0.2) is 4.79 Å². The number of benzene rings is 2. The Bertz CT molecular complexity index is 1240. The molecule has 6 rings (SSSR count). The molecule has 0 bridgehead atoms. The van der Waals surface area contributed by atoms with Crippen LogP contribution in [0.4, 0.5) is 4.79 Å². The van der Waals surface area contributed by atoms with Gasteiger partial charge in [0.1, 0.15) is 29.3 Å². The third-order valence-corrected chi connectivity index (χ3v) is 10.2. The van der Waals surface area contributed by atoms with E-state index in [1.165, 1.54) is 62.5 Å². The summed E-state index contributed by atoms with van der Waals surface area (Å²) in [6, 6.07) is 12.2. The average molecular weight is 660 g/mol. The van der Waals surface area contributed by atoms with Gasteiger partial charge < -0.3 is 24.4 Å². The SMILES string of the molecule is CC(C)(C)OC(=O)N1CCC(Oc2ccc(Cl)c(C3CCCC3)c2)CC1.Clc1ccc(OC2CCNCC2)cc1C1CCCC1. The van der Waals surface area contributed by atoms with Crippen LogP contribution in [0, 0.1) is 0 Å². The predicted molar refractivity (Wildman–Crippen MR) is 183 cm³/mol. The summed E-state index contributed by atoms with van der Waals surface area (Å²) in [6.45, 7) is 9.14. The lowest BCUT2D eigenvalue weighted by atomic mass is 9.97. The molecule has 0 aromatic heterocycles. The second-order valence-corrected chi connectivity index (χ2v) is 15.0. The monoisotopic (exact) mass is 658 g/mol. The first-order valence-electron chi connectivity index (χ1n) is 17.3. The highest BCUT2D eigenvalue weighted by molar-refractivity contribution is 6.31. The quantitative estimate of drug-likeness (QED) is 0.335. The number of piperidine rings is 2. The van der Waals surface area contributed by atoms with Crippen molar-refractivity contribution in [1.82, 2.24) is 10.2 Å². The van der Waals surface area contributed by atoms with E-state index in [9.17, 15) is 4.79 Å². The number of hydrogen-bond acceptors (Lipinski definition) is 5. The third-order valence-electron chi connectivity index (χ3n) is 9.51. The minimum absolute atomic E-state index is 0.131. The first kappa shape index (κ1) is 34.2. The Kier molecular flexibility index (Phi) is 12.2. The van der Waals surface area contributed by atoms with Gasteiger partial charge in [-0.2, -0.15) is 0 Å². The lowest BCUT2D eigenvalue weighted by molar-refractivity contribution is 0.0126. The maximum Gasteiger partial charge on any atom is 0.410 e. The van der Waals surface area contributed by atoms with Crippen molar-refractivity contribution in [1.29, 1.82) is 0 Å². The molecule has 2 saturated heterocycles. The molecule has 2 aliphatic heterocycles.